The lowest BCUT2D eigenvalue weighted by molar-refractivity contribution is -0.145. The third-order valence-electron chi connectivity index (χ3n) is 3.40. The van der Waals surface area contributed by atoms with Crippen molar-refractivity contribution in [1.82, 2.24) is 4.98 Å². The Labute approximate surface area is 99.5 Å². The molecule has 1 aliphatic carbocycles. The molecule has 0 radical (unpaired) electrons. The molecule has 1 heterocycles. The number of hydrogen-bond donors (Lipinski definition) is 1. The number of pyridine rings is 1. The number of rotatable bonds is 2. The molecular weight excluding hydrogens is 226 g/mol. The van der Waals surface area contributed by atoms with Gasteiger partial charge in [0, 0.05) is 12.4 Å². The fourth-order valence-electron chi connectivity index (χ4n) is 2.52. The normalized spacial score (nSPS) is 19.3. The molecule has 0 bridgehead atoms. The van der Waals surface area contributed by atoms with Crippen LogP contribution in [0.15, 0.2) is 18.5 Å². The third-order valence-corrected chi connectivity index (χ3v) is 3.71. The average molecular weight is 240 g/mol. The lowest BCUT2D eigenvalue weighted by Crippen LogP contribution is -2.38. The van der Waals surface area contributed by atoms with E-state index in [4.69, 9.17) is 11.6 Å². The van der Waals surface area contributed by atoms with Crippen molar-refractivity contribution in [3.63, 3.8) is 0 Å². The molecule has 0 saturated heterocycles. The van der Waals surface area contributed by atoms with Gasteiger partial charge >= 0.3 is 5.97 Å². The van der Waals surface area contributed by atoms with E-state index < -0.39 is 11.4 Å². The summed E-state index contributed by atoms with van der Waals surface area (Å²) < 4.78 is 0. The topological polar surface area (TPSA) is 50.2 Å². The maximum atomic E-state index is 11.5. The summed E-state index contributed by atoms with van der Waals surface area (Å²) in [7, 11) is 0. The Bertz CT molecular complexity index is 400. The van der Waals surface area contributed by atoms with Crippen LogP contribution in [-0.2, 0) is 10.2 Å². The van der Waals surface area contributed by atoms with E-state index in [0.717, 1.165) is 24.8 Å². The SMILES string of the molecule is O=C(O)C1(c2ccncc2Cl)CCCCC1. The average Bonchev–Trinajstić information content (AvgIpc) is 2.30. The van der Waals surface area contributed by atoms with Gasteiger partial charge in [-0.15, -0.1) is 0 Å². The molecule has 86 valence electrons. The molecule has 0 unspecified atom stereocenters. The molecule has 2 rings (SSSR count). The van der Waals surface area contributed by atoms with E-state index in [2.05, 4.69) is 4.98 Å². The van der Waals surface area contributed by atoms with Gasteiger partial charge in [0.2, 0.25) is 0 Å². The highest BCUT2D eigenvalue weighted by Gasteiger charge is 2.42. The highest BCUT2D eigenvalue weighted by Crippen LogP contribution is 2.42. The van der Waals surface area contributed by atoms with E-state index in [0.29, 0.717) is 17.9 Å². The van der Waals surface area contributed by atoms with Crippen molar-refractivity contribution in [2.24, 2.45) is 0 Å². The van der Waals surface area contributed by atoms with E-state index in [9.17, 15) is 9.90 Å². The number of hydrogen-bond acceptors (Lipinski definition) is 2. The van der Waals surface area contributed by atoms with Gasteiger partial charge in [0.05, 0.1) is 10.4 Å². The summed E-state index contributed by atoms with van der Waals surface area (Å²) >= 11 is 6.07. The second-order valence-electron chi connectivity index (χ2n) is 4.30. The van der Waals surface area contributed by atoms with Crippen LogP contribution in [0.2, 0.25) is 5.02 Å². The van der Waals surface area contributed by atoms with Crippen molar-refractivity contribution < 1.29 is 9.90 Å². The zero-order valence-electron chi connectivity index (χ0n) is 8.95. The van der Waals surface area contributed by atoms with E-state index in [1.165, 1.54) is 6.20 Å². The van der Waals surface area contributed by atoms with Crippen LogP contribution in [-0.4, -0.2) is 16.1 Å². The first-order valence-electron chi connectivity index (χ1n) is 5.50. The van der Waals surface area contributed by atoms with Crippen LogP contribution in [0.5, 0.6) is 0 Å². The molecule has 4 heteroatoms. The van der Waals surface area contributed by atoms with Crippen molar-refractivity contribution in [3.05, 3.63) is 29.0 Å². The van der Waals surface area contributed by atoms with Gasteiger partial charge in [-0.2, -0.15) is 0 Å². The summed E-state index contributed by atoms with van der Waals surface area (Å²) in [6.07, 6.45) is 7.49. The Morgan fingerprint density at radius 3 is 2.62 bits per heavy atom. The van der Waals surface area contributed by atoms with E-state index in [1.807, 2.05) is 0 Å². The van der Waals surface area contributed by atoms with Gasteiger partial charge in [-0.05, 0) is 24.5 Å². The third kappa shape index (κ3) is 1.80. The predicted molar refractivity (Wildman–Crippen MR) is 61.6 cm³/mol. The minimum Gasteiger partial charge on any atom is -0.481 e. The van der Waals surface area contributed by atoms with Crippen LogP contribution >= 0.6 is 11.6 Å². The molecule has 1 aliphatic rings. The number of nitrogens with zero attached hydrogens (tertiary/aromatic N) is 1. The highest BCUT2D eigenvalue weighted by molar-refractivity contribution is 6.31. The van der Waals surface area contributed by atoms with Crippen LogP contribution < -0.4 is 0 Å². The molecule has 0 atom stereocenters. The summed E-state index contributed by atoms with van der Waals surface area (Å²) in [4.78, 5) is 15.5. The lowest BCUT2D eigenvalue weighted by Gasteiger charge is -2.34. The number of aliphatic carboxylic acids is 1. The first kappa shape index (κ1) is 11.4. The fourth-order valence-corrected chi connectivity index (χ4v) is 2.82. The molecule has 1 aromatic rings. The smallest absolute Gasteiger partial charge is 0.314 e. The van der Waals surface area contributed by atoms with E-state index in [-0.39, 0.29) is 0 Å². The quantitative estimate of drug-likeness (QED) is 0.863. The van der Waals surface area contributed by atoms with Gasteiger partial charge in [-0.3, -0.25) is 9.78 Å². The number of carboxylic acids is 1. The summed E-state index contributed by atoms with van der Waals surface area (Å²) in [5, 5.41) is 9.95. The summed E-state index contributed by atoms with van der Waals surface area (Å²) in [6, 6.07) is 1.74. The van der Waals surface area contributed by atoms with E-state index >= 15 is 0 Å². The maximum absolute atomic E-state index is 11.5. The molecule has 0 aliphatic heterocycles. The van der Waals surface area contributed by atoms with Gasteiger partial charge < -0.3 is 5.11 Å². The molecule has 3 nitrogen and oxygen atoms in total. The maximum Gasteiger partial charge on any atom is 0.314 e. The fraction of sp³-hybridized carbons (Fsp3) is 0.500. The molecule has 1 N–H and O–H groups in total. The largest absolute Gasteiger partial charge is 0.481 e. The first-order valence-corrected chi connectivity index (χ1v) is 5.88. The summed E-state index contributed by atoms with van der Waals surface area (Å²) in [5.74, 6) is -0.764. The lowest BCUT2D eigenvalue weighted by atomic mass is 9.69. The second-order valence-corrected chi connectivity index (χ2v) is 4.71. The molecule has 0 aromatic carbocycles. The van der Waals surface area contributed by atoms with Crippen LogP contribution in [0, 0.1) is 0 Å². The minimum absolute atomic E-state index is 0.465. The van der Waals surface area contributed by atoms with Gasteiger partial charge in [0.1, 0.15) is 0 Å². The van der Waals surface area contributed by atoms with E-state index in [1.54, 1.807) is 12.3 Å². The molecule has 0 amide bonds. The van der Waals surface area contributed by atoms with Crippen LogP contribution in [0.3, 0.4) is 0 Å². The molecule has 1 aromatic heterocycles. The first-order chi connectivity index (χ1) is 7.67. The number of carboxylic acid groups (broad SMARTS) is 1. The minimum atomic E-state index is -0.793. The van der Waals surface area contributed by atoms with Crippen molar-refractivity contribution >= 4 is 17.6 Å². The van der Waals surface area contributed by atoms with Crippen LogP contribution in [0.1, 0.15) is 37.7 Å². The molecule has 1 saturated carbocycles. The van der Waals surface area contributed by atoms with Crippen LogP contribution in [0.4, 0.5) is 0 Å². The Kier molecular flexibility index (Phi) is 3.15. The van der Waals surface area contributed by atoms with Crippen molar-refractivity contribution in [2.45, 2.75) is 37.5 Å². The van der Waals surface area contributed by atoms with Crippen molar-refractivity contribution in [3.8, 4) is 0 Å². The Hall–Kier alpha value is -1.09. The summed E-state index contributed by atoms with van der Waals surface area (Å²) in [5.41, 5.74) is -0.0745. The summed E-state index contributed by atoms with van der Waals surface area (Å²) in [6.45, 7) is 0. The van der Waals surface area contributed by atoms with Crippen LogP contribution in [0.25, 0.3) is 0 Å². The van der Waals surface area contributed by atoms with Gasteiger partial charge in [0.15, 0.2) is 0 Å². The molecule has 1 fully saturated rings. The van der Waals surface area contributed by atoms with Gasteiger partial charge in [-0.1, -0.05) is 30.9 Å². The Morgan fingerprint density at radius 2 is 2.06 bits per heavy atom. The Balaban J connectivity index is 2.47. The molecule has 0 spiro atoms. The number of halogens is 1. The number of aromatic nitrogens is 1. The van der Waals surface area contributed by atoms with Crippen molar-refractivity contribution in [2.75, 3.05) is 0 Å². The number of carbonyl (C=O) groups is 1. The standard InChI is InChI=1S/C12H14ClNO2/c13-10-8-14-7-4-9(10)12(11(15)16)5-2-1-3-6-12/h4,7-8H,1-3,5-6H2,(H,15,16). The van der Waals surface area contributed by atoms with Gasteiger partial charge in [-0.25, -0.2) is 0 Å². The predicted octanol–water partition coefficient (Wildman–Crippen LogP) is 3.02. The highest BCUT2D eigenvalue weighted by atomic mass is 35.5. The second kappa shape index (κ2) is 4.42. The zero-order chi connectivity index (χ0) is 11.6. The molecular formula is C12H14ClNO2. The van der Waals surface area contributed by atoms with Gasteiger partial charge in [0.25, 0.3) is 0 Å². The van der Waals surface area contributed by atoms with Crippen molar-refractivity contribution in [1.29, 1.82) is 0 Å². The molecule has 16 heavy (non-hydrogen) atoms. The zero-order valence-corrected chi connectivity index (χ0v) is 9.70. The Morgan fingerprint density at radius 1 is 1.38 bits per heavy atom. The monoisotopic (exact) mass is 239 g/mol.